The Morgan fingerprint density at radius 1 is 1.05 bits per heavy atom. The van der Waals surface area contributed by atoms with Gasteiger partial charge in [0.2, 0.25) is 0 Å². The van der Waals surface area contributed by atoms with Crippen LogP contribution in [0.4, 0.5) is 0 Å². The smallest absolute Gasteiger partial charge is 0.276 e. The Morgan fingerprint density at radius 2 is 1.73 bits per heavy atom. The molecule has 1 N–H and O–H groups in total. The van der Waals surface area contributed by atoms with Crippen molar-refractivity contribution in [3.8, 4) is 11.8 Å². The lowest BCUT2D eigenvalue weighted by molar-refractivity contribution is 0.478. The highest BCUT2D eigenvalue weighted by Crippen LogP contribution is 2.25. The summed E-state index contributed by atoms with van der Waals surface area (Å²) in [6, 6.07) is 18.2. The van der Waals surface area contributed by atoms with Crippen molar-refractivity contribution in [3.63, 3.8) is 0 Å². The SMILES string of the molecule is N#Cc1c(O)c2ccccc2n(/C=C/c2ccccc2)c1=O. The molecule has 2 aromatic carbocycles. The molecule has 3 rings (SSSR count). The van der Waals surface area contributed by atoms with E-state index < -0.39 is 5.56 Å². The Kier molecular flexibility index (Phi) is 3.47. The number of aromatic nitrogens is 1. The van der Waals surface area contributed by atoms with Crippen molar-refractivity contribution in [1.29, 1.82) is 5.26 Å². The van der Waals surface area contributed by atoms with E-state index >= 15 is 0 Å². The van der Waals surface area contributed by atoms with Gasteiger partial charge < -0.3 is 5.11 Å². The summed E-state index contributed by atoms with van der Waals surface area (Å²) in [6.45, 7) is 0. The Bertz CT molecular complexity index is 964. The quantitative estimate of drug-likeness (QED) is 0.787. The molecule has 0 aliphatic heterocycles. The predicted octanol–water partition coefficient (Wildman–Crippen LogP) is 3.21. The monoisotopic (exact) mass is 288 g/mol. The van der Waals surface area contributed by atoms with Crippen molar-refractivity contribution in [2.75, 3.05) is 0 Å². The summed E-state index contributed by atoms with van der Waals surface area (Å²) in [5.41, 5.74) is 0.698. The third-order valence-corrected chi connectivity index (χ3v) is 3.42. The first-order chi connectivity index (χ1) is 10.7. The maximum Gasteiger partial charge on any atom is 0.276 e. The lowest BCUT2D eigenvalue weighted by Crippen LogP contribution is -2.19. The third-order valence-electron chi connectivity index (χ3n) is 3.42. The fourth-order valence-electron chi connectivity index (χ4n) is 2.32. The van der Waals surface area contributed by atoms with Gasteiger partial charge in [-0.25, -0.2) is 0 Å². The number of benzene rings is 2. The number of pyridine rings is 1. The average molecular weight is 288 g/mol. The fraction of sp³-hybridized carbons (Fsp3) is 0. The van der Waals surface area contributed by atoms with Gasteiger partial charge in [-0.1, -0.05) is 42.5 Å². The lowest BCUT2D eigenvalue weighted by atomic mass is 10.1. The molecular weight excluding hydrogens is 276 g/mol. The summed E-state index contributed by atoms with van der Waals surface area (Å²) in [5.74, 6) is -0.271. The van der Waals surface area contributed by atoms with Crippen LogP contribution < -0.4 is 5.56 Å². The van der Waals surface area contributed by atoms with Crippen LogP contribution in [-0.4, -0.2) is 9.67 Å². The fourth-order valence-corrected chi connectivity index (χ4v) is 2.32. The normalized spacial score (nSPS) is 10.9. The van der Waals surface area contributed by atoms with Crippen molar-refractivity contribution < 1.29 is 5.11 Å². The minimum atomic E-state index is -0.536. The van der Waals surface area contributed by atoms with Crippen molar-refractivity contribution in [1.82, 2.24) is 4.57 Å². The molecule has 3 aromatic rings. The van der Waals surface area contributed by atoms with Gasteiger partial charge in [0.1, 0.15) is 11.8 Å². The second-order valence-corrected chi connectivity index (χ2v) is 4.75. The molecule has 1 heterocycles. The van der Waals surface area contributed by atoms with Crippen molar-refractivity contribution >= 4 is 23.2 Å². The number of fused-ring (bicyclic) bond motifs is 1. The van der Waals surface area contributed by atoms with Crippen molar-refractivity contribution in [2.45, 2.75) is 0 Å². The van der Waals surface area contributed by atoms with Crippen LogP contribution in [0.25, 0.3) is 23.2 Å². The number of hydrogen-bond donors (Lipinski definition) is 1. The van der Waals surface area contributed by atoms with Gasteiger partial charge in [-0.15, -0.1) is 0 Å². The zero-order valence-corrected chi connectivity index (χ0v) is 11.6. The third kappa shape index (κ3) is 2.25. The largest absolute Gasteiger partial charge is 0.506 e. The summed E-state index contributed by atoms with van der Waals surface area (Å²) < 4.78 is 1.38. The minimum Gasteiger partial charge on any atom is -0.506 e. The molecule has 0 saturated carbocycles. The highest BCUT2D eigenvalue weighted by Gasteiger charge is 2.14. The number of rotatable bonds is 2. The number of nitriles is 1. The van der Waals surface area contributed by atoms with Crippen LogP contribution in [0.5, 0.6) is 5.75 Å². The van der Waals surface area contributed by atoms with Crippen molar-refractivity contribution in [3.05, 3.63) is 76.1 Å². The maximum absolute atomic E-state index is 12.4. The topological polar surface area (TPSA) is 66.0 Å². The zero-order chi connectivity index (χ0) is 15.5. The van der Waals surface area contributed by atoms with Gasteiger partial charge in [-0.05, 0) is 23.8 Å². The molecule has 22 heavy (non-hydrogen) atoms. The van der Waals surface area contributed by atoms with Gasteiger partial charge in [0.25, 0.3) is 5.56 Å². The molecule has 4 heteroatoms. The second kappa shape index (κ2) is 5.58. The number of hydrogen-bond acceptors (Lipinski definition) is 3. The molecule has 1 aromatic heterocycles. The van der Waals surface area contributed by atoms with Crippen LogP contribution in [0.2, 0.25) is 0 Å². The molecule has 0 unspecified atom stereocenters. The predicted molar refractivity (Wildman–Crippen MR) is 86.3 cm³/mol. The zero-order valence-electron chi connectivity index (χ0n) is 11.6. The number of para-hydroxylation sites is 1. The van der Waals surface area contributed by atoms with Crippen LogP contribution >= 0.6 is 0 Å². The highest BCUT2D eigenvalue weighted by atomic mass is 16.3. The molecule has 0 bridgehead atoms. The van der Waals surface area contributed by atoms with E-state index in [1.165, 1.54) is 4.57 Å². The summed E-state index contributed by atoms with van der Waals surface area (Å²) in [7, 11) is 0. The Morgan fingerprint density at radius 3 is 2.45 bits per heavy atom. The second-order valence-electron chi connectivity index (χ2n) is 4.75. The lowest BCUT2D eigenvalue weighted by Gasteiger charge is -2.08. The van der Waals surface area contributed by atoms with Gasteiger partial charge in [-0.2, -0.15) is 5.26 Å². The molecular formula is C18H12N2O2. The molecule has 0 aliphatic rings. The number of aromatic hydroxyl groups is 1. The molecule has 0 atom stereocenters. The van der Waals surface area contributed by atoms with Gasteiger partial charge in [0.05, 0.1) is 5.52 Å². The van der Waals surface area contributed by atoms with E-state index in [2.05, 4.69) is 0 Å². The first kappa shape index (κ1) is 13.7. The molecule has 0 fully saturated rings. The Balaban J connectivity index is 2.28. The van der Waals surface area contributed by atoms with Gasteiger partial charge >= 0.3 is 0 Å². The summed E-state index contributed by atoms with van der Waals surface area (Å²) in [4.78, 5) is 12.4. The standard InChI is InChI=1S/C18H12N2O2/c19-12-15-17(21)14-8-4-5-9-16(14)20(18(15)22)11-10-13-6-2-1-3-7-13/h1-11,21H/b11-10+. The Hall–Kier alpha value is -3.32. The van der Waals surface area contributed by atoms with Crippen LogP contribution in [-0.2, 0) is 0 Å². The first-order valence-corrected chi connectivity index (χ1v) is 6.72. The summed E-state index contributed by atoms with van der Waals surface area (Å²) in [5, 5.41) is 19.7. The van der Waals surface area contributed by atoms with Crippen molar-refractivity contribution in [2.24, 2.45) is 0 Å². The Labute approximate surface area is 126 Å². The minimum absolute atomic E-state index is 0.253. The van der Waals surface area contributed by atoms with E-state index in [0.717, 1.165) is 5.56 Å². The van der Waals surface area contributed by atoms with Gasteiger partial charge in [0, 0.05) is 11.6 Å². The van der Waals surface area contributed by atoms with Crippen LogP contribution in [0, 0.1) is 11.3 Å². The molecule has 106 valence electrons. The van der Waals surface area contributed by atoms with E-state index in [1.54, 1.807) is 42.6 Å². The summed E-state index contributed by atoms with van der Waals surface area (Å²) >= 11 is 0. The summed E-state index contributed by atoms with van der Waals surface area (Å²) in [6.07, 6.45) is 3.40. The van der Waals surface area contributed by atoms with Gasteiger partial charge in [-0.3, -0.25) is 9.36 Å². The van der Waals surface area contributed by atoms with E-state index in [0.29, 0.717) is 10.9 Å². The van der Waals surface area contributed by atoms with E-state index in [4.69, 9.17) is 5.26 Å². The molecule has 0 aliphatic carbocycles. The van der Waals surface area contributed by atoms with Gasteiger partial charge in [0.15, 0.2) is 5.56 Å². The first-order valence-electron chi connectivity index (χ1n) is 6.72. The molecule has 0 radical (unpaired) electrons. The van der Waals surface area contributed by atoms with Crippen LogP contribution in [0.1, 0.15) is 11.1 Å². The van der Waals surface area contributed by atoms with E-state index in [1.807, 2.05) is 30.3 Å². The van der Waals surface area contributed by atoms with E-state index in [9.17, 15) is 9.90 Å². The highest BCUT2D eigenvalue weighted by molar-refractivity contribution is 5.89. The molecule has 0 amide bonds. The molecule has 0 saturated heterocycles. The molecule has 0 spiro atoms. The van der Waals surface area contributed by atoms with Crippen LogP contribution in [0.15, 0.2) is 59.4 Å². The van der Waals surface area contributed by atoms with Crippen LogP contribution in [0.3, 0.4) is 0 Å². The average Bonchev–Trinajstić information content (AvgIpc) is 2.56. The maximum atomic E-state index is 12.4. The number of nitrogens with zero attached hydrogens (tertiary/aromatic N) is 2. The van der Waals surface area contributed by atoms with E-state index in [-0.39, 0.29) is 11.3 Å². The molecule has 4 nitrogen and oxygen atoms in total.